The molecule has 6 heteroatoms. The zero-order chi connectivity index (χ0) is 14.0. The van der Waals surface area contributed by atoms with E-state index >= 15 is 0 Å². The van der Waals surface area contributed by atoms with Crippen molar-refractivity contribution in [1.29, 1.82) is 0 Å². The molecule has 0 unspecified atom stereocenters. The molecule has 1 aromatic heterocycles. The lowest BCUT2D eigenvalue weighted by molar-refractivity contribution is 0.557. The van der Waals surface area contributed by atoms with Gasteiger partial charge >= 0.3 is 0 Å². The monoisotopic (exact) mass is 280 g/mol. The minimum Gasteiger partial charge on any atom is -0.368 e. The third-order valence-electron chi connectivity index (χ3n) is 2.87. The van der Waals surface area contributed by atoms with Gasteiger partial charge in [-0.25, -0.2) is 4.39 Å². The van der Waals surface area contributed by atoms with Crippen LogP contribution in [0.4, 0.5) is 10.3 Å². The van der Waals surface area contributed by atoms with Crippen LogP contribution in [0.25, 0.3) is 0 Å². The molecule has 0 fully saturated rings. The highest BCUT2D eigenvalue weighted by atomic mass is 32.2. The van der Waals surface area contributed by atoms with Crippen LogP contribution < -0.4 is 5.73 Å². The first-order chi connectivity index (χ1) is 8.99. The lowest BCUT2D eigenvalue weighted by Crippen LogP contribution is -2.07. The van der Waals surface area contributed by atoms with Crippen molar-refractivity contribution in [2.75, 3.05) is 5.73 Å². The molecule has 0 atom stereocenters. The van der Waals surface area contributed by atoms with E-state index in [9.17, 15) is 4.39 Å². The average Bonchev–Trinajstić information content (AvgIpc) is 2.69. The number of thioether (sulfide) groups is 1. The van der Waals surface area contributed by atoms with Gasteiger partial charge in [-0.1, -0.05) is 17.8 Å². The quantitative estimate of drug-likeness (QED) is 0.874. The van der Waals surface area contributed by atoms with E-state index in [2.05, 4.69) is 10.2 Å². The summed E-state index contributed by atoms with van der Waals surface area (Å²) in [4.78, 5) is 0. The van der Waals surface area contributed by atoms with Gasteiger partial charge in [-0.05, 0) is 44.0 Å². The predicted molar refractivity (Wildman–Crippen MR) is 75.5 cm³/mol. The predicted octanol–water partition coefficient (Wildman–Crippen LogP) is 3.18. The van der Waals surface area contributed by atoms with Gasteiger partial charge in [0.05, 0.1) is 0 Å². The molecule has 0 radical (unpaired) electrons. The number of rotatable bonds is 4. The summed E-state index contributed by atoms with van der Waals surface area (Å²) < 4.78 is 14.9. The van der Waals surface area contributed by atoms with Crippen LogP contribution in [-0.4, -0.2) is 14.8 Å². The van der Waals surface area contributed by atoms with Crippen molar-refractivity contribution in [1.82, 2.24) is 14.8 Å². The molecular formula is C13H17FN4S. The standard InChI is InChI=1S/C13H17FN4S/c1-8(2)18-12(15)16-17-13(18)19-7-10-4-5-11(14)6-9(10)3/h4-6,8H,7H2,1-3H3,(H2,15,16). The minimum atomic E-state index is -0.208. The molecule has 0 saturated carbocycles. The molecule has 0 aliphatic heterocycles. The summed E-state index contributed by atoms with van der Waals surface area (Å²) >= 11 is 1.56. The fourth-order valence-electron chi connectivity index (χ4n) is 1.84. The number of benzene rings is 1. The van der Waals surface area contributed by atoms with Gasteiger partial charge in [0.25, 0.3) is 0 Å². The number of halogens is 1. The van der Waals surface area contributed by atoms with Crippen LogP contribution in [0.1, 0.15) is 31.0 Å². The smallest absolute Gasteiger partial charge is 0.222 e. The van der Waals surface area contributed by atoms with E-state index in [1.807, 2.05) is 25.3 Å². The summed E-state index contributed by atoms with van der Waals surface area (Å²) in [6, 6.07) is 5.03. The summed E-state index contributed by atoms with van der Waals surface area (Å²) in [7, 11) is 0. The maximum Gasteiger partial charge on any atom is 0.222 e. The summed E-state index contributed by atoms with van der Waals surface area (Å²) in [6.07, 6.45) is 0. The third kappa shape index (κ3) is 3.07. The molecule has 0 saturated heterocycles. The first-order valence-electron chi connectivity index (χ1n) is 6.07. The molecule has 1 aromatic carbocycles. The topological polar surface area (TPSA) is 56.7 Å². The van der Waals surface area contributed by atoms with E-state index in [1.165, 1.54) is 12.1 Å². The second-order valence-electron chi connectivity index (χ2n) is 4.66. The fraction of sp³-hybridized carbons (Fsp3) is 0.385. The van der Waals surface area contributed by atoms with Crippen molar-refractivity contribution < 1.29 is 4.39 Å². The average molecular weight is 280 g/mol. The Morgan fingerprint density at radius 3 is 2.74 bits per heavy atom. The zero-order valence-corrected chi connectivity index (χ0v) is 12.0. The summed E-state index contributed by atoms with van der Waals surface area (Å²) in [5.41, 5.74) is 7.81. The van der Waals surface area contributed by atoms with Gasteiger partial charge in [0.15, 0.2) is 5.16 Å². The van der Waals surface area contributed by atoms with Crippen molar-refractivity contribution >= 4 is 17.7 Å². The molecule has 0 bridgehead atoms. The Morgan fingerprint density at radius 1 is 1.37 bits per heavy atom. The van der Waals surface area contributed by atoms with Crippen LogP contribution in [0.15, 0.2) is 23.4 Å². The number of hydrogen-bond donors (Lipinski definition) is 1. The van der Waals surface area contributed by atoms with Crippen LogP contribution in [0, 0.1) is 12.7 Å². The highest BCUT2D eigenvalue weighted by Gasteiger charge is 2.13. The summed E-state index contributed by atoms with van der Waals surface area (Å²) in [5.74, 6) is 0.936. The Hall–Kier alpha value is -1.56. The Morgan fingerprint density at radius 2 is 2.11 bits per heavy atom. The summed E-state index contributed by atoms with van der Waals surface area (Å²) in [6.45, 7) is 5.97. The number of hydrogen-bond acceptors (Lipinski definition) is 4. The Kier molecular flexibility index (Phi) is 4.09. The number of anilines is 1. The van der Waals surface area contributed by atoms with Gasteiger partial charge in [0.1, 0.15) is 5.82 Å². The van der Waals surface area contributed by atoms with Crippen molar-refractivity contribution in [3.63, 3.8) is 0 Å². The molecule has 0 aliphatic rings. The van der Waals surface area contributed by atoms with Crippen molar-refractivity contribution in [3.8, 4) is 0 Å². The minimum absolute atomic E-state index is 0.208. The van der Waals surface area contributed by atoms with Crippen molar-refractivity contribution in [2.45, 2.75) is 37.7 Å². The molecule has 2 aromatic rings. The number of aryl methyl sites for hydroxylation is 1. The molecule has 4 nitrogen and oxygen atoms in total. The molecule has 1 heterocycles. The first-order valence-corrected chi connectivity index (χ1v) is 7.05. The largest absolute Gasteiger partial charge is 0.368 e. The number of aromatic nitrogens is 3. The molecule has 2 N–H and O–H groups in total. The van der Waals surface area contributed by atoms with Gasteiger partial charge in [0, 0.05) is 11.8 Å². The third-order valence-corrected chi connectivity index (χ3v) is 3.86. The van der Waals surface area contributed by atoms with Crippen molar-refractivity contribution in [3.05, 3.63) is 35.1 Å². The fourth-order valence-corrected chi connectivity index (χ4v) is 2.99. The second-order valence-corrected chi connectivity index (χ2v) is 5.61. The SMILES string of the molecule is Cc1cc(F)ccc1CSc1nnc(N)n1C(C)C. The molecule has 2 rings (SSSR count). The zero-order valence-electron chi connectivity index (χ0n) is 11.2. The van der Waals surface area contributed by atoms with E-state index in [1.54, 1.807) is 17.8 Å². The molecule has 0 amide bonds. The molecule has 102 valence electrons. The van der Waals surface area contributed by atoms with E-state index in [0.717, 1.165) is 22.0 Å². The van der Waals surface area contributed by atoms with Gasteiger partial charge in [-0.3, -0.25) is 4.57 Å². The van der Waals surface area contributed by atoms with Crippen LogP contribution in [0.5, 0.6) is 0 Å². The van der Waals surface area contributed by atoms with Gasteiger partial charge < -0.3 is 5.73 Å². The number of nitrogens with zero attached hydrogens (tertiary/aromatic N) is 3. The van der Waals surface area contributed by atoms with E-state index in [-0.39, 0.29) is 11.9 Å². The first kappa shape index (κ1) is 13.9. The van der Waals surface area contributed by atoms with Crippen LogP contribution in [0.2, 0.25) is 0 Å². The van der Waals surface area contributed by atoms with E-state index in [4.69, 9.17) is 5.73 Å². The maximum absolute atomic E-state index is 13.0. The number of nitrogens with two attached hydrogens (primary N) is 1. The Balaban J connectivity index is 2.15. The Labute approximate surface area is 116 Å². The van der Waals surface area contributed by atoms with E-state index in [0.29, 0.717) is 5.95 Å². The normalized spacial score (nSPS) is 11.2. The van der Waals surface area contributed by atoms with Gasteiger partial charge in [0.2, 0.25) is 5.95 Å². The summed E-state index contributed by atoms with van der Waals surface area (Å²) in [5, 5.41) is 8.76. The lowest BCUT2D eigenvalue weighted by Gasteiger charge is -2.11. The van der Waals surface area contributed by atoms with Crippen LogP contribution in [-0.2, 0) is 5.75 Å². The molecule has 0 aliphatic carbocycles. The highest BCUT2D eigenvalue weighted by molar-refractivity contribution is 7.98. The van der Waals surface area contributed by atoms with Crippen LogP contribution >= 0.6 is 11.8 Å². The van der Waals surface area contributed by atoms with Gasteiger partial charge in [-0.2, -0.15) is 0 Å². The van der Waals surface area contributed by atoms with Gasteiger partial charge in [-0.15, -0.1) is 10.2 Å². The molecule has 0 spiro atoms. The second kappa shape index (κ2) is 5.61. The number of nitrogen functional groups attached to an aromatic ring is 1. The Bertz CT molecular complexity index is 580. The van der Waals surface area contributed by atoms with Crippen LogP contribution in [0.3, 0.4) is 0 Å². The van der Waals surface area contributed by atoms with E-state index < -0.39 is 0 Å². The highest BCUT2D eigenvalue weighted by Crippen LogP contribution is 2.26. The lowest BCUT2D eigenvalue weighted by atomic mass is 10.1. The maximum atomic E-state index is 13.0. The van der Waals surface area contributed by atoms with Crippen molar-refractivity contribution in [2.24, 2.45) is 0 Å². The molecular weight excluding hydrogens is 263 g/mol. The molecule has 19 heavy (non-hydrogen) atoms.